The molecule has 4 aromatic carbocycles. The van der Waals surface area contributed by atoms with E-state index < -0.39 is 28.5 Å². The number of nitrogens with one attached hydrogen (secondary N) is 1. The maximum Gasteiger partial charge on any atom is 0.264 e. The minimum absolute atomic E-state index is 0.0647. The van der Waals surface area contributed by atoms with Gasteiger partial charge in [0.1, 0.15) is 12.6 Å². The molecule has 0 bridgehead atoms. The molecule has 1 aliphatic carbocycles. The maximum absolute atomic E-state index is 14.5. The van der Waals surface area contributed by atoms with Gasteiger partial charge in [-0.2, -0.15) is 0 Å². The summed E-state index contributed by atoms with van der Waals surface area (Å²) < 4.78 is 29.3. The second-order valence-corrected chi connectivity index (χ2v) is 13.7. The lowest BCUT2D eigenvalue weighted by Crippen LogP contribution is -2.54. The van der Waals surface area contributed by atoms with Gasteiger partial charge in [0.25, 0.3) is 10.0 Å². The van der Waals surface area contributed by atoms with Gasteiger partial charge in [-0.25, -0.2) is 8.42 Å². The Morgan fingerprint density at radius 3 is 1.91 bits per heavy atom. The fraction of sp³-hybridized carbons (Fsp3) is 0.297. The number of carbonyl (C=O) groups excluding carboxylic acids is 2. The van der Waals surface area contributed by atoms with Crippen molar-refractivity contribution in [2.24, 2.45) is 0 Å². The highest BCUT2D eigenvalue weighted by Crippen LogP contribution is 2.26. The Bertz CT molecular complexity index is 1670. The minimum Gasteiger partial charge on any atom is -0.352 e. The number of aryl methyl sites for hydroxylation is 2. The van der Waals surface area contributed by atoms with Crippen LogP contribution in [0.5, 0.6) is 0 Å². The van der Waals surface area contributed by atoms with Gasteiger partial charge in [0.15, 0.2) is 0 Å². The van der Waals surface area contributed by atoms with Crippen LogP contribution in [0.15, 0.2) is 114 Å². The SMILES string of the molecule is Cc1ccc(CN(C(=O)CN(c2ccccc2)S(=O)(=O)c2ccc(C)cc2)C(Cc2ccccc2)C(=O)NC2CCCC2)cc1. The molecule has 0 heterocycles. The van der Waals surface area contributed by atoms with Crippen LogP contribution in [0.25, 0.3) is 0 Å². The number of amides is 2. The van der Waals surface area contributed by atoms with Gasteiger partial charge in [-0.15, -0.1) is 0 Å². The molecule has 1 aliphatic rings. The van der Waals surface area contributed by atoms with Crippen molar-refractivity contribution in [2.75, 3.05) is 10.8 Å². The van der Waals surface area contributed by atoms with Crippen molar-refractivity contribution in [1.29, 1.82) is 0 Å². The normalized spacial score (nSPS) is 14.1. The molecule has 1 unspecified atom stereocenters. The van der Waals surface area contributed by atoms with E-state index in [4.69, 9.17) is 0 Å². The zero-order chi connectivity index (χ0) is 31.8. The molecule has 8 heteroatoms. The lowest BCUT2D eigenvalue weighted by atomic mass is 10.0. The molecule has 7 nitrogen and oxygen atoms in total. The van der Waals surface area contributed by atoms with Crippen LogP contribution in [0.4, 0.5) is 5.69 Å². The second-order valence-electron chi connectivity index (χ2n) is 11.9. The van der Waals surface area contributed by atoms with E-state index in [1.807, 2.05) is 68.4 Å². The third-order valence-electron chi connectivity index (χ3n) is 8.38. The molecular weight excluding hydrogens is 582 g/mol. The number of nitrogens with zero attached hydrogens (tertiary/aromatic N) is 2. The lowest BCUT2D eigenvalue weighted by Gasteiger charge is -2.34. The number of anilines is 1. The molecule has 4 aromatic rings. The highest BCUT2D eigenvalue weighted by Gasteiger charge is 2.35. The molecule has 0 aromatic heterocycles. The molecule has 1 fully saturated rings. The monoisotopic (exact) mass is 623 g/mol. The Labute approximate surface area is 266 Å². The van der Waals surface area contributed by atoms with E-state index >= 15 is 0 Å². The summed E-state index contributed by atoms with van der Waals surface area (Å²) in [7, 11) is -4.12. The van der Waals surface area contributed by atoms with Gasteiger partial charge in [-0.3, -0.25) is 13.9 Å². The summed E-state index contributed by atoms with van der Waals surface area (Å²) in [5, 5.41) is 3.21. The average Bonchev–Trinajstić information content (AvgIpc) is 3.56. The zero-order valence-corrected chi connectivity index (χ0v) is 26.7. The van der Waals surface area contributed by atoms with E-state index in [0.717, 1.165) is 52.2 Å². The van der Waals surface area contributed by atoms with Crippen molar-refractivity contribution in [1.82, 2.24) is 10.2 Å². The Morgan fingerprint density at radius 1 is 0.756 bits per heavy atom. The minimum atomic E-state index is -4.12. The topological polar surface area (TPSA) is 86.8 Å². The van der Waals surface area contributed by atoms with E-state index in [9.17, 15) is 18.0 Å². The van der Waals surface area contributed by atoms with Crippen LogP contribution >= 0.6 is 0 Å². The number of rotatable bonds is 12. The number of carbonyl (C=O) groups is 2. The molecule has 0 aliphatic heterocycles. The number of sulfonamides is 1. The highest BCUT2D eigenvalue weighted by molar-refractivity contribution is 7.92. The van der Waals surface area contributed by atoms with E-state index in [1.54, 1.807) is 59.5 Å². The molecule has 1 saturated carbocycles. The van der Waals surface area contributed by atoms with Crippen LogP contribution in [0.2, 0.25) is 0 Å². The fourth-order valence-electron chi connectivity index (χ4n) is 5.77. The van der Waals surface area contributed by atoms with Crippen molar-refractivity contribution in [3.8, 4) is 0 Å². The van der Waals surface area contributed by atoms with Crippen LogP contribution < -0.4 is 9.62 Å². The van der Waals surface area contributed by atoms with Crippen LogP contribution in [0, 0.1) is 13.8 Å². The molecular formula is C37H41N3O4S. The molecule has 5 rings (SSSR count). The smallest absolute Gasteiger partial charge is 0.264 e. The fourth-order valence-corrected chi connectivity index (χ4v) is 7.19. The maximum atomic E-state index is 14.5. The van der Waals surface area contributed by atoms with Gasteiger partial charge in [0.05, 0.1) is 10.6 Å². The van der Waals surface area contributed by atoms with Crippen molar-refractivity contribution < 1.29 is 18.0 Å². The quantitative estimate of drug-likeness (QED) is 0.204. The predicted octanol–water partition coefficient (Wildman–Crippen LogP) is 6.20. The van der Waals surface area contributed by atoms with Crippen LogP contribution in [-0.4, -0.2) is 43.8 Å². The standard InChI is InChI=1S/C37H41N3O4S/c1-28-17-21-31(22-18-28)26-39(35(25-30-11-5-3-6-12-30)37(42)38-32-13-9-10-14-32)36(41)27-40(33-15-7-4-8-16-33)45(43,44)34-23-19-29(2)20-24-34/h3-8,11-12,15-24,32,35H,9-10,13-14,25-27H2,1-2H3,(H,38,42). The Morgan fingerprint density at radius 2 is 1.31 bits per heavy atom. The Kier molecular flexibility index (Phi) is 10.4. The first-order valence-electron chi connectivity index (χ1n) is 15.5. The summed E-state index contributed by atoms with van der Waals surface area (Å²) in [4.78, 5) is 30.3. The van der Waals surface area contributed by atoms with Gasteiger partial charge in [0, 0.05) is 19.0 Å². The van der Waals surface area contributed by atoms with E-state index in [0.29, 0.717) is 12.1 Å². The average molecular weight is 624 g/mol. The third kappa shape index (κ3) is 8.19. The summed E-state index contributed by atoms with van der Waals surface area (Å²) >= 11 is 0. The van der Waals surface area contributed by atoms with Gasteiger partial charge in [0.2, 0.25) is 11.8 Å². The van der Waals surface area contributed by atoms with E-state index in [1.165, 1.54) is 0 Å². The first-order valence-corrected chi connectivity index (χ1v) is 17.0. The second kappa shape index (κ2) is 14.6. The molecule has 1 atom stereocenters. The van der Waals surface area contributed by atoms with Crippen LogP contribution in [-0.2, 0) is 32.6 Å². The molecule has 45 heavy (non-hydrogen) atoms. The molecule has 1 N–H and O–H groups in total. The Hall–Kier alpha value is -4.43. The molecule has 0 saturated heterocycles. The van der Waals surface area contributed by atoms with Crippen molar-refractivity contribution in [3.63, 3.8) is 0 Å². The molecule has 2 amide bonds. The first kappa shape index (κ1) is 32.0. The van der Waals surface area contributed by atoms with Gasteiger partial charge in [-0.1, -0.05) is 109 Å². The molecule has 0 radical (unpaired) electrons. The zero-order valence-electron chi connectivity index (χ0n) is 25.9. The lowest BCUT2D eigenvalue weighted by molar-refractivity contribution is -0.140. The summed E-state index contributed by atoms with van der Waals surface area (Å²) in [6.07, 6.45) is 4.23. The van der Waals surface area contributed by atoms with Gasteiger partial charge >= 0.3 is 0 Å². The summed E-state index contributed by atoms with van der Waals surface area (Å²) in [5.74, 6) is -0.684. The summed E-state index contributed by atoms with van der Waals surface area (Å²) in [6, 6.07) is 31.9. The van der Waals surface area contributed by atoms with Crippen molar-refractivity contribution in [3.05, 3.63) is 131 Å². The van der Waals surface area contributed by atoms with Gasteiger partial charge < -0.3 is 10.2 Å². The van der Waals surface area contributed by atoms with E-state index in [-0.39, 0.29) is 23.4 Å². The molecule has 234 valence electrons. The van der Waals surface area contributed by atoms with Crippen LogP contribution in [0.1, 0.15) is 47.9 Å². The largest absolute Gasteiger partial charge is 0.352 e. The third-order valence-corrected chi connectivity index (χ3v) is 10.2. The predicted molar refractivity (Wildman–Crippen MR) is 178 cm³/mol. The summed E-state index contributed by atoms with van der Waals surface area (Å²) in [6.45, 7) is 3.57. The number of benzene rings is 4. The van der Waals surface area contributed by atoms with Crippen LogP contribution in [0.3, 0.4) is 0 Å². The number of hydrogen-bond donors (Lipinski definition) is 1. The van der Waals surface area contributed by atoms with Crippen molar-refractivity contribution in [2.45, 2.75) is 69.5 Å². The molecule has 0 spiro atoms. The first-order chi connectivity index (χ1) is 21.7. The Balaban J connectivity index is 1.54. The van der Waals surface area contributed by atoms with E-state index in [2.05, 4.69) is 5.32 Å². The number of hydrogen-bond acceptors (Lipinski definition) is 4. The summed E-state index contributed by atoms with van der Waals surface area (Å²) in [5.41, 5.74) is 4.15. The highest BCUT2D eigenvalue weighted by atomic mass is 32.2. The van der Waals surface area contributed by atoms with Gasteiger partial charge in [-0.05, 0) is 62.1 Å². The number of para-hydroxylation sites is 1. The van der Waals surface area contributed by atoms with Crippen molar-refractivity contribution >= 4 is 27.5 Å².